The largest absolute Gasteiger partial charge is 0.435 e. The molecule has 0 aromatic heterocycles. The molecule has 0 bridgehead atoms. The predicted molar refractivity (Wildman–Crippen MR) is 57.5 cm³/mol. The molecule has 0 fully saturated rings. The number of aryl methyl sites for hydroxylation is 1. The van der Waals surface area contributed by atoms with Gasteiger partial charge in [0.15, 0.2) is 6.79 Å². The summed E-state index contributed by atoms with van der Waals surface area (Å²) < 4.78 is 9.81. The smallest absolute Gasteiger partial charge is 0.342 e. The molecule has 4 nitrogen and oxygen atoms in total. The average Bonchev–Trinajstić information content (AvgIpc) is 2.18. The molecule has 4 heteroatoms. The van der Waals surface area contributed by atoms with Gasteiger partial charge in [0.2, 0.25) is 0 Å². The van der Waals surface area contributed by atoms with Gasteiger partial charge in [-0.15, -0.1) is 0 Å². The summed E-state index contributed by atoms with van der Waals surface area (Å²) in [5.74, 6) is -0.445. The van der Waals surface area contributed by atoms with E-state index in [4.69, 9.17) is 15.2 Å². The first-order valence-corrected chi connectivity index (χ1v) is 4.76. The molecule has 0 spiro atoms. The Kier molecular flexibility index (Phi) is 4.12. The van der Waals surface area contributed by atoms with Crippen LogP contribution in [0.2, 0.25) is 0 Å². The maximum absolute atomic E-state index is 11.6. The third kappa shape index (κ3) is 2.95. The minimum atomic E-state index is -0.445. The molecule has 0 aliphatic heterocycles. The fourth-order valence-electron chi connectivity index (χ4n) is 1.22. The van der Waals surface area contributed by atoms with E-state index >= 15 is 0 Å². The van der Waals surface area contributed by atoms with Crippen LogP contribution in [0.25, 0.3) is 0 Å². The van der Waals surface area contributed by atoms with Crippen LogP contribution in [0.5, 0.6) is 0 Å². The molecule has 0 aliphatic rings. The first kappa shape index (κ1) is 11.5. The molecule has 1 aromatic carbocycles. The van der Waals surface area contributed by atoms with Gasteiger partial charge in [0.05, 0.1) is 5.56 Å². The fraction of sp³-hybridized carbons (Fsp3) is 0.364. The number of benzene rings is 1. The molecule has 1 rings (SSSR count). The third-order valence-electron chi connectivity index (χ3n) is 1.99. The summed E-state index contributed by atoms with van der Waals surface area (Å²) in [7, 11) is 0. The second kappa shape index (κ2) is 5.36. The van der Waals surface area contributed by atoms with Gasteiger partial charge in [0, 0.05) is 12.3 Å². The number of nitrogens with two attached hydrogens (primary N) is 1. The van der Waals surface area contributed by atoms with E-state index in [-0.39, 0.29) is 6.79 Å². The highest BCUT2D eigenvalue weighted by Crippen LogP contribution is 2.17. The Bertz CT molecular complexity index is 329. The summed E-state index contributed by atoms with van der Waals surface area (Å²) >= 11 is 0. The number of carbonyl (C=O) groups is 1. The van der Waals surface area contributed by atoms with Crippen LogP contribution in [-0.4, -0.2) is 19.4 Å². The van der Waals surface area contributed by atoms with E-state index in [1.807, 2.05) is 19.9 Å². The quantitative estimate of drug-likeness (QED) is 0.355. The van der Waals surface area contributed by atoms with Crippen molar-refractivity contribution in [3.63, 3.8) is 0 Å². The van der Waals surface area contributed by atoms with Gasteiger partial charge in [-0.1, -0.05) is 12.1 Å². The Morgan fingerprint density at radius 1 is 1.47 bits per heavy atom. The van der Waals surface area contributed by atoms with Crippen LogP contribution < -0.4 is 5.73 Å². The first-order chi connectivity index (χ1) is 7.16. The predicted octanol–water partition coefficient (Wildman–Crippen LogP) is 1.73. The molecule has 0 saturated heterocycles. The van der Waals surface area contributed by atoms with Crippen LogP contribution in [0.3, 0.4) is 0 Å². The van der Waals surface area contributed by atoms with Crippen molar-refractivity contribution in [2.24, 2.45) is 0 Å². The topological polar surface area (TPSA) is 61.5 Å². The lowest BCUT2D eigenvalue weighted by Crippen LogP contribution is -2.12. The Hall–Kier alpha value is -1.55. The van der Waals surface area contributed by atoms with Crippen molar-refractivity contribution in [1.29, 1.82) is 0 Å². The fourth-order valence-corrected chi connectivity index (χ4v) is 1.22. The lowest BCUT2D eigenvalue weighted by molar-refractivity contribution is -0.0274. The third-order valence-corrected chi connectivity index (χ3v) is 1.99. The van der Waals surface area contributed by atoms with Crippen LogP contribution >= 0.6 is 0 Å². The molecule has 2 N–H and O–H groups in total. The highest BCUT2D eigenvalue weighted by molar-refractivity contribution is 5.96. The number of carbonyl (C=O) groups excluding carboxylic acids is 1. The first-order valence-electron chi connectivity index (χ1n) is 4.76. The lowest BCUT2D eigenvalue weighted by atomic mass is 10.1. The van der Waals surface area contributed by atoms with E-state index in [1.165, 1.54) is 0 Å². The number of anilines is 1. The maximum Gasteiger partial charge on any atom is 0.342 e. The van der Waals surface area contributed by atoms with E-state index in [0.717, 1.165) is 5.56 Å². The number of nitrogen functional groups attached to an aromatic ring is 1. The summed E-state index contributed by atoms with van der Waals surface area (Å²) in [6.45, 7) is 4.11. The minimum Gasteiger partial charge on any atom is -0.435 e. The van der Waals surface area contributed by atoms with Gasteiger partial charge in [-0.2, -0.15) is 0 Å². The van der Waals surface area contributed by atoms with E-state index in [9.17, 15) is 4.79 Å². The number of hydrogen-bond donors (Lipinski definition) is 1. The molecular formula is C11H15NO3. The van der Waals surface area contributed by atoms with Gasteiger partial charge >= 0.3 is 5.97 Å². The zero-order chi connectivity index (χ0) is 11.3. The molecule has 0 heterocycles. The zero-order valence-electron chi connectivity index (χ0n) is 8.95. The molecular weight excluding hydrogens is 194 g/mol. The highest BCUT2D eigenvalue weighted by atomic mass is 16.7. The summed E-state index contributed by atoms with van der Waals surface area (Å²) in [4.78, 5) is 11.6. The molecule has 0 aliphatic carbocycles. The van der Waals surface area contributed by atoms with Crippen molar-refractivity contribution in [3.05, 3.63) is 29.3 Å². The molecule has 15 heavy (non-hydrogen) atoms. The second-order valence-electron chi connectivity index (χ2n) is 3.08. The Balaban J connectivity index is 2.73. The van der Waals surface area contributed by atoms with E-state index < -0.39 is 5.97 Å². The van der Waals surface area contributed by atoms with Crippen LogP contribution in [-0.2, 0) is 9.47 Å². The van der Waals surface area contributed by atoms with Crippen molar-refractivity contribution in [1.82, 2.24) is 0 Å². The van der Waals surface area contributed by atoms with Gasteiger partial charge in [-0.05, 0) is 25.5 Å². The van der Waals surface area contributed by atoms with Gasteiger partial charge in [-0.3, -0.25) is 0 Å². The average molecular weight is 209 g/mol. The van der Waals surface area contributed by atoms with Crippen LogP contribution in [0.4, 0.5) is 5.69 Å². The van der Waals surface area contributed by atoms with E-state index in [1.54, 1.807) is 12.1 Å². The summed E-state index contributed by atoms with van der Waals surface area (Å²) in [6.07, 6.45) is 0. The molecule has 0 unspecified atom stereocenters. The molecule has 0 radical (unpaired) electrons. The molecule has 1 aromatic rings. The summed E-state index contributed by atoms with van der Waals surface area (Å²) in [5.41, 5.74) is 7.33. The second-order valence-corrected chi connectivity index (χ2v) is 3.08. The Morgan fingerprint density at radius 2 is 2.20 bits per heavy atom. The van der Waals surface area contributed by atoms with Crippen molar-refractivity contribution in [2.45, 2.75) is 13.8 Å². The molecule has 0 saturated carbocycles. The van der Waals surface area contributed by atoms with Crippen molar-refractivity contribution in [2.75, 3.05) is 19.1 Å². The molecule has 82 valence electrons. The summed E-state index contributed by atoms with van der Waals surface area (Å²) in [5, 5.41) is 0. The lowest BCUT2D eigenvalue weighted by Gasteiger charge is -2.08. The standard InChI is InChI=1S/C11H15NO3/c1-3-14-7-15-11(13)10-8(2)5-4-6-9(10)12/h4-6H,3,7,12H2,1-2H3. The van der Waals surface area contributed by atoms with Crippen molar-refractivity contribution in [3.8, 4) is 0 Å². The van der Waals surface area contributed by atoms with Crippen LogP contribution in [0.1, 0.15) is 22.8 Å². The van der Waals surface area contributed by atoms with Crippen molar-refractivity contribution < 1.29 is 14.3 Å². The van der Waals surface area contributed by atoms with Gasteiger partial charge in [0.1, 0.15) is 0 Å². The van der Waals surface area contributed by atoms with Crippen LogP contribution in [0.15, 0.2) is 18.2 Å². The number of ether oxygens (including phenoxy) is 2. The van der Waals surface area contributed by atoms with E-state index in [2.05, 4.69) is 0 Å². The highest BCUT2D eigenvalue weighted by Gasteiger charge is 2.13. The molecule has 0 atom stereocenters. The zero-order valence-corrected chi connectivity index (χ0v) is 8.95. The minimum absolute atomic E-state index is 0.0386. The summed E-state index contributed by atoms with van der Waals surface area (Å²) in [6, 6.07) is 5.28. The normalized spacial score (nSPS) is 10.0. The van der Waals surface area contributed by atoms with E-state index in [0.29, 0.717) is 17.9 Å². The van der Waals surface area contributed by atoms with Gasteiger partial charge in [-0.25, -0.2) is 4.79 Å². The number of esters is 1. The molecule has 0 amide bonds. The van der Waals surface area contributed by atoms with Crippen molar-refractivity contribution >= 4 is 11.7 Å². The SMILES string of the molecule is CCOCOC(=O)c1c(C)cccc1N. The maximum atomic E-state index is 11.6. The van der Waals surface area contributed by atoms with Gasteiger partial charge in [0.25, 0.3) is 0 Å². The Morgan fingerprint density at radius 3 is 2.80 bits per heavy atom. The monoisotopic (exact) mass is 209 g/mol. The van der Waals surface area contributed by atoms with Crippen LogP contribution in [0, 0.1) is 6.92 Å². The number of hydrogen-bond acceptors (Lipinski definition) is 4. The van der Waals surface area contributed by atoms with Gasteiger partial charge < -0.3 is 15.2 Å². The number of rotatable bonds is 4. The Labute approximate surface area is 89.0 Å².